The van der Waals surface area contributed by atoms with Crippen LogP contribution in [0.25, 0.3) is 10.2 Å². The molecule has 2 heterocycles. The molecule has 1 fully saturated rings. The number of piperidine rings is 1. The first-order chi connectivity index (χ1) is 9.22. The first-order valence-electron chi connectivity index (χ1n) is 6.72. The molecule has 5 heteroatoms. The van der Waals surface area contributed by atoms with Gasteiger partial charge >= 0.3 is 0 Å². The summed E-state index contributed by atoms with van der Waals surface area (Å²) in [5.41, 5.74) is 0.867. The molecule has 0 amide bonds. The summed E-state index contributed by atoms with van der Waals surface area (Å²) >= 11 is 1.52. The molecule has 1 aromatic carbocycles. The van der Waals surface area contributed by atoms with Crippen molar-refractivity contribution >= 4 is 26.7 Å². The summed E-state index contributed by atoms with van der Waals surface area (Å²) in [7, 11) is 2.18. The molecular weight excluding hydrogens is 261 g/mol. The molecular formula is C14H18FN3S. The van der Waals surface area contributed by atoms with E-state index in [1.54, 1.807) is 12.1 Å². The normalized spacial score (nSPS) is 20.8. The largest absolute Gasteiger partial charge is 0.360 e. The number of benzene rings is 1. The topological polar surface area (TPSA) is 28.2 Å². The molecule has 2 aromatic rings. The summed E-state index contributed by atoms with van der Waals surface area (Å²) in [4.78, 5) is 6.89. The average molecular weight is 279 g/mol. The van der Waals surface area contributed by atoms with Gasteiger partial charge in [0.1, 0.15) is 5.82 Å². The Bertz CT molecular complexity index is 569. The standard InChI is InChI=1S/C14H18FN3S/c1-18-7-3-2-4-11(18)9-16-14-17-12-6-5-10(15)8-13(12)19-14/h5-6,8,11H,2-4,7,9H2,1H3,(H,16,17). The lowest BCUT2D eigenvalue weighted by atomic mass is 10.0. The van der Waals surface area contributed by atoms with Gasteiger partial charge in [-0.25, -0.2) is 9.37 Å². The molecule has 0 aliphatic carbocycles. The van der Waals surface area contributed by atoms with E-state index in [0.717, 1.165) is 21.9 Å². The van der Waals surface area contributed by atoms with E-state index in [2.05, 4.69) is 22.2 Å². The predicted octanol–water partition coefficient (Wildman–Crippen LogP) is 3.33. The molecule has 1 aromatic heterocycles. The number of thiazole rings is 1. The maximum atomic E-state index is 13.1. The molecule has 1 atom stereocenters. The van der Waals surface area contributed by atoms with E-state index in [1.807, 2.05) is 0 Å². The molecule has 19 heavy (non-hydrogen) atoms. The minimum absolute atomic E-state index is 0.199. The summed E-state index contributed by atoms with van der Waals surface area (Å²) < 4.78 is 14.0. The zero-order valence-electron chi connectivity index (χ0n) is 11.0. The third kappa shape index (κ3) is 2.87. The van der Waals surface area contributed by atoms with Gasteiger partial charge in [0.25, 0.3) is 0 Å². The van der Waals surface area contributed by atoms with Crippen LogP contribution in [0.1, 0.15) is 19.3 Å². The van der Waals surface area contributed by atoms with Crippen molar-refractivity contribution in [1.82, 2.24) is 9.88 Å². The van der Waals surface area contributed by atoms with Gasteiger partial charge in [-0.15, -0.1) is 0 Å². The van der Waals surface area contributed by atoms with Gasteiger partial charge in [0.2, 0.25) is 0 Å². The van der Waals surface area contributed by atoms with Gasteiger partial charge in [-0.2, -0.15) is 0 Å². The molecule has 1 unspecified atom stereocenters. The molecule has 0 radical (unpaired) electrons. The average Bonchev–Trinajstić information content (AvgIpc) is 2.79. The number of rotatable bonds is 3. The highest BCUT2D eigenvalue weighted by Gasteiger charge is 2.18. The maximum absolute atomic E-state index is 13.1. The van der Waals surface area contributed by atoms with Gasteiger partial charge < -0.3 is 10.2 Å². The van der Waals surface area contributed by atoms with Gasteiger partial charge in [-0.05, 0) is 44.6 Å². The van der Waals surface area contributed by atoms with Gasteiger partial charge in [-0.3, -0.25) is 0 Å². The summed E-state index contributed by atoms with van der Waals surface area (Å²) in [5.74, 6) is -0.199. The number of aromatic nitrogens is 1. The molecule has 1 aliphatic heterocycles. The van der Waals surface area contributed by atoms with E-state index in [9.17, 15) is 4.39 Å². The highest BCUT2D eigenvalue weighted by atomic mass is 32.1. The van der Waals surface area contributed by atoms with Crippen molar-refractivity contribution in [3.8, 4) is 0 Å². The molecule has 1 N–H and O–H groups in total. The number of nitrogens with one attached hydrogen (secondary N) is 1. The minimum Gasteiger partial charge on any atom is -0.360 e. The minimum atomic E-state index is -0.199. The summed E-state index contributed by atoms with van der Waals surface area (Å²) in [6.07, 6.45) is 3.85. The van der Waals surface area contributed by atoms with E-state index in [1.165, 1.54) is 43.2 Å². The Labute approximate surface area is 116 Å². The van der Waals surface area contributed by atoms with E-state index in [0.29, 0.717) is 6.04 Å². The van der Waals surface area contributed by atoms with Crippen LogP contribution >= 0.6 is 11.3 Å². The number of anilines is 1. The van der Waals surface area contributed by atoms with Crippen LogP contribution in [0.2, 0.25) is 0 Å². The van der Waals surface area contributed by atoms with Crippen LogP contribution in [0, 0.1) is 5.82 Å². The second kappa shape index (κ2) is 5.43. The Morgan fingerprint density at radius 2 is 2.37 bits per heavy atom. The van der Waals surface area contributed by atoms with Crippen molar-refractivity contribution in [3.63, 3.8) is 0 Å². The Morgan fingerprint density at radius 1 is 1.47 bits per heavy atom. The van der Waals surface area contributed by atoms with Crippen LogP contribution in [0.4, 0.5) is 9.52 Å². The fourth-order valence-electron chi connectivity index (χ4n) is 2.58. The number of likely N-dealkylation sites (N-methyl/N-ethyl adjacent to an activating group) is 1. The van der Waals surface area contributed by atoms with Gasteiger partial charge in [0.15, 0.2) is 5.13 Å². The molecule has 0 saturated carbocycles. The van der Waals surface area contributed by atoms with Crippen molar-refractivity contribution in [2.75, 3.05) is 25.5 Å². The Kier molecular flexibility index (Phi) is 3.66. The zero-order chi connectivity index (χ0) is 13.2. The molecule has 3 rings (SSSR count). The lowest BCUT2D eigenvalue weighted by Gasteiger charge is -2.32. The smallest absolute Gasteiger partial charge is 0.183 e. The zero-order valence-corrected chi connectivity index (χ0v) is 11.8. The quantitative estimate of drug-likeness (QED) is 0.934. The van der Waals surface area contributed by atoms with Crippen molar-refractivity contribution in [3.05, 3.63) is 24.0 Å². The number of halogens is 1. The predicted molar refractivity (Wildman–Crippen MR) is 78.3 cm³/mol. The molecule has 1 aliphatic rings. The van der Waals surface area contributed by atoms with Crippen molar-refractivity contribution in [2.24, 2.45) is 0 Å². The van der Waals surface area contributed by atoms with E-state index >= 15 is 0 Å². The highest BCUT2D eigenvalue weighted by Crippen LogP contribution is 2.27. The lowest BCUT2D eigenvalue weighted by molar-refractivity contribution is 0.194. The summed E-state index contributed by atoms with van der Waals surface area (Å²) in [6, 6.07) is 5.32. The summed E-state index contributed by atoms with van der Waals surface area (Å²) in [5, 5.41) is 4.29. The fourth-order valence-corrected chi connectivity index (χ4v) is 3.48. The van der Waals surface area contributed by atoms with Gasteiger partial charge in [0.05, 0.1) is 10.2 Å². The second-order valence-corrected chi connectivity index (χ2v) is 6.17. The van der Waals surface area contributed by atoms with E-state index in [-0.39, 0.29) is 5.82 Å². The van der Waals surface area contributed by atoms with E-state index < -0.39 is 0 Å². The van der Waals surface area contributed by atoms with Crippen LogP contribution in [-0.4, -0.2) is 36.1 Å². The van der Waals surface area contributed by atoms with Crippen LogP contribution in [0.3, 0.4) is 0 Å². The first kappa shape index (κ1) is 12.8. The van der Waals surface area contributed by atoms with E-state index in [4.69, 9.17) is 0 Å². The fraction of sp³-hybridized carbons (Fsp3) is 0.500. The Hall–Kier alpha value is -1.20. The van der Waals surface area contributed by atoms with Gasteiger partial charge in [0, 0.05) is 12.6 Å². The maximum Gasteiger partial charge on any atom is 0.183 e. The van der Waals surface area contributed by atoms with Crippen LogP contribution in [0.5, 0.6) is 0 Å². The molecule has 102 valence electrons. The highest BCUT2D eigenvalue weighted by molar-refractivity contribution is 7.22. The third-order valence-electron chi connectivity index (χ3n) is 3.76. The van der Waals surface area contributed by atoms with Crippen molar-refractivity contribution in [2.45, 2.75) is 25.3 Å². The molecule has 0 bridgehead atoms. The number of nitrogens with zero attached hydrogens (tertiary/aromatic N) is 2. The molecule has 3 nitrogen and oxygen atoms in total. The van der Waals surface area contributed by atoms with Crippen LogP contribution in [-0.2, 0) is 0 Å². The van der Waals surface area contributed by atoms with Gasteiger partial charge in [-0.1, -0.05) is 17.8 Å². The number of fused-ring (bicyclic) bond motifs is 1. The summed E-state index contributed by atoms with van der Waals surface area (Å²) in [6.45, 7) is 2.09. The van der Waals surface area contributed by atoms with Crippen LogP contribution < -0.4 is 5.32 Å². The molecule has 0 spiro atoms. The third-order valence-corrected chi connectivity index (χ3v) is 4.74. The second-order valence-electron chi connectivity index (χ2n) is 5.14. The first-order valence-corrected chi connectivity index (χ1v) is 7.54. The number of hydrogen-bond donors (Lipinski definition) is 1. The number of likely N-dealkylation sites (tertiary alicyclic amines) is 1. The molecule has 1 saturated heterocycles. The van der Waals surface area contributed by atoms with Crippen LogP contribution in [0.15, 0.2) is 18.2 Å². The monoisotopic (exact) mass is 279 g/mol. The SMILES string of the molecule is CN1CCCCC1CNc1nc2ccc(F)cc2s1. The Morgan fingerprint density at radius 3 is 3.21 bits per heavy atom. The van der Waals surface area contributed by atoms with Crippen molar-refractivity contribution in [1.29, 1.82) is 0 Å². The van der Waals surface area contributed by atoms with Crippen molar-refractivity contribution < 1.29 is 4.39 Å². The lowest BCUT2D eigenvalue weighted by Crippen LogP contribution is -2.40. The number of hydrogen-bond acceptors (Lipinski definition) is 4. The Balaban J connectivity index is 1.68.